The van der Waals surface area contributed by atoms with Gasteiger partial charge in [-0.15, -0.1) is 0 Å². The number of rotatable bonds is 2. The summed E-state index contributed by atoms with van der Waals surface area (Å²) in [5, 5.41) is 0.342. The van der Waals surface area contributed by atoms with Gasteiger partial charge in [0, 0.05) is 10.9 Å². The molecule has 1 heterocycles. The van der Waals surface area contributed by atoms with Gasteiger partial charge in [0.05, 0.1) is 5.56 Å². The van der Waals surface area contributed by atoms with E-state index in [1.807, 2.05) is 6.92 Å². The van der Waals surface area contributed by atoms with Crippen molar-refractivity contribution in [1.82, 2.24) is 4.98 Å². The summed E-state index contributed by atoms with van der Waals surface area (Å²) in [6, 6.07) is 4.96. The fourth-order valence-corrected chi connectivity index (χ4v) is 2.15. The molecule has 0 radical (unpaired) electrons. The first-order valence-corrected chi connectivity index (χ1v) is 5.58. The number of para-hydroxylation sites is 1. The molecule has 0 spiro atoms. The SMILES string of the molecule is CCc1cccc2c(C(C)=O)c(C(F)(F)F)[nH]c12. The summed E-state index contributed by atoms with van der Waals surface area (Å²) in [5.41, 5.74) is -0.0540. The van der Waals surface area contributed by atoms with Crippen LogP contribution in [0.25, 0.3) is 10.9 Å². The molecule has 1 aromatic heterocycles. The standard InChI is InChI=1S/C13H12F3NO/c1-3-8-5-4-6-9-10(7(2)18)12(13(14,15)16)17-11(8)9/h4-6,17H,3H2,1-2H3. The molecule has 0 aliphatic heterocycles. The summed E-state index contributed by atoms with van der Waals surface area (Å²) >= 11 is 0. The van der Waals surface area contributed by atoms with Crippen LogP contribution in [0.3, 0.4) is 0 Å². The normalized spacial score (nSPS) is 12.1. The number of benzene rings is 1. The maximum atomic E-state index is 12.9. The van der Waals surface area contributed by atoms with Gasteiger partial charge in [-0.05, 0) is 18.9 Å². The van der Waals surface area contributed by atoms with Crippen molar-refractivity contribution in [2.24, 2.45) is 0 Å². The monoisotopic (exact) mass is 255 g/mol. The number of Topliss-reactive ketones (excluding diaryl/α,β-unsaturated/α-hetero) is 1. The number of halogens is 3. The van der Waals surface area contributed by atoms with Crippen LogP contribution in [0, 0.1) is 0 Å². The van der Waals surface area contributed by atoms with E-state index in [1.54, 1.807) is 12.1 Å². The molecule has 0 bridgehead atoms. The van der Waals surface area contributed by atoms with E-state index in [1.165, 1.54) is 6.07 Å². The summed E-state index contributed by atoms with van der Waals surface area (Å²) in [6.07, 6.45) is -3.95. The van der Waals surface area contributed by atoms with Crippen LogP contribution in [0.2, 0.25) is 0 Å². The summed E-state index contributed by atoms with van der Waals surface area (Å²) in [5.74, 6) is -0.582. The molecule has 1 N–H and O–H groups in total. The van der Waals surface area contributed by atoms with E-state index in [0.717, 1.165) is 12.5 Å². The zero-order valence-corrected chi connectivity index (χ0v) is 9.98. The lowest BCUT2D eigenvalue weighted by Gasteiger charge is -2.05. The molecule has 2 nitrogen and oxygen atoms in total. The van der Waals surface area contributed by atoms with Gasteiger partial charge in [-0.3, -0.25) is 4.79 Å². The second-order valence-electron chi connectivity index (χ2n) is 4.12. The van der Waals surface area contributed by atoms with Crippen molar-refractivity contribution < 1.29 is 18.0 Å². The Bertz CT molecular complexity index is 610. The van der Waals surface area contributed by atoms with Gasteiger partial charge in [-0.25, -0.2) is 0 Å². The molecular formula is C13H12F3NO. The third-order valence-corrected chi connectivity index (χ3v) is 2.94. The molecule has 0 unspecified atom stereocenters. The first-order valence-electron chi connectivity index (χ1n) is 5.58. The Morgan fingerprint density at radius 2 is 2.00 bits per heavy atom. The fourth-order valence-electron chi connectivity index (χ4n) is 2.15. The smallest absolute Gasteiger partial charge is 0.350 e. The zero-order valence-electron chi connectivity index (χ0n) is 9.98. The number of carbonyl (C=O) groups excluding carboxylic acids is 1. The second-order valence-corrected chi connectivity index (χ2v) is 4.12. The number of hydrogen-bond acceptors (Lipinski definition) is 1. The predicted octanol–water partition coefficient (Wildman–Crippen LogP) is 3.95. The highest BCUT2D eigenvalue weighted by Crippen LogP contribution is 2.36. The van der Waals surface area contributed by atoms with Crippen LogP contribution in [0.5, 0.6) is 0 Å². The second kappa shape index (κ2) is 4.15. The van der Waals surface area contributed by atoms with Crippen molar-refractivity contribution in [2.45, 2.75) is 26.4 Å². The lowest BCUT2D eigenvalue weighted by molar-refractivity contribution is -0.140. The van der Waals surface area contributed by atoms with E-state index in [2.05, 4.69) is 4.98 Å². The molecule has 2 rings (SSSR count). The molecule has 5 heteroatoms. The van der Waals surface area contributed by atoms with Crippen LogP contribution in [0.15, 0.2) is 18.2 Å². The molecule has 0 amide bonds. The zero-order chi connectivity index (χ0) is 13.5. The Morgan fingerprint density at radius 1 is 1.33 bits per heavy atom. The van der Waals surface area contributed by atoms with E-state index in [0.29, 0.717) is 17.3 Å². The lowest BCUT2D eigenvalue weighted by Crippen LogP contribution is -2.10. The first-order chi connectivity index (χ1) is 8.36. The van der Waals surface area contributed by atoms with Gasteiger partial charge in [0.15, 0.2) is 5.78 Å². The number of fused-ring (bicyclic) bond motifs is 1. The molecule has 96 valence electrons. The minimum atomic E-state index is -4.55. The molecule has 0 aliphatic carbocycles. The van der Waals surface area contributed by atoms with Crippen LogP contribution in [-0.4, -0.2) is 10.8 Å². The molecule has 0 aliphatic rings. The number of aromatic amines is 1. The van der Waals surface area contributed by atoms with Gasteiger partial charge < -0.3 is 4.98 Å². The van der Waals surface area contributed by atoms with E-state index < -0.39 is 17.7 Å². The summed E-state index contributed by atoms with van der Waals surface area (Å²) in [6.45, 7) is 3.01. The molecule has 0 fully saturated rings. The molecule has 18 heavy (non-hydrogen) atoms. The summed E-state index contributed by atoms with van der Waals surface area (Å²) in [4.78, 5) is 13.8. The van der Waals surface area contributed by atoms with Crippen LogP contribution in [0.4, 0.5) is 13.2 Å². The number of H-pyrrole nitrogens is 1. The highest BCUT2D eigenvalue weighted by Gasteiger charge is 2.37. The number of hydrogen-bond donors (Lipinski definition) is 1. The Balaban J connectivity index is 2.87. The van der Waals surface area contributed by atoms with Crippen molar-refractivity contribution in [2.75, 3.05) is 0 Å². The van der Waals surface area contributed by atoms with Gasteiger partial charge >= 0.3 is 6.18 Å². The van der Waals surface area contributed by atoms with Crippen molar-refractivity contribution in [1.29, 1.82) is 0 Å². The minimum Gasteiger partial charge on any atom is -0.350 e. The van der Waals surface area contributed by atoms with E-state index >= 15 is 0 Å². The Morgan fingerprint density at radius 3 is 2.50 bits per heavy atom. The van der Waals surface area contributed by atoms with E-state index in [4.69, 9.17) is 0 Å². The Hall–Kier alpha value is -1.78. The maximum Gasteiger partial charge on any atom is 0.431 e. The third kappa shape index (κ3) is 1.89. The number of carbonyl (C=O) groups is 1. The molecule has 0 saturated heterocycles. The number of alkyl halides is 3. The van der Waals surface area contributed by atoms with E-state index in [9.17, 15) is 18.0 Å². The lowest BCUT2D eigenvalue weighted by atomic mass is 10.0. The van der Waals surface area contributed by atoms with Crippen LogP contribution < -0.4 is 0 Å². The van der Waals surface area contributed by atoms with Crippen molar-refractivity contribution >= 4 is 16.7 Å². The average molecular weight is 255 g/mol. The van der Waals surface area contributed by atoms with Crippen LogP contribution >= 0.6 is 0 Å². The van der Waals surface area contributed by atoms with Crippen LogP contribution in [0.1, 0.15) is 35.5 Å². The quantitative estimate of drug-likeness (QED) is 0.810. The fraction of sp³-hybridized carbons (Fsp3) is 0.308. The Labute approximate surface area is 102 Å². The molecule has 2 aromatic rings. The predicted molar refractivity (Wildman–Crippen MR) is 62.7 cm³/mol. The Kier molecular flexibility index (Phi) is 2.92. The largest absolute Gasteiger partial charge is 0.431 e. The highest BCUT2D eigenvalue weighted by atomic mass is 19.4. The number of aromatic nitrogens is 1. The topological polar surface area (TPSA) is 32.9 Å². The van der Waals surface area contributed by atoms with Gasteiger partial charge in [0.25, 0.3) is 0 Å². The van der Waals surface area contributed by atoms with Crippen molar-refractivity contribution in [3.8, 4) is 0 Å². The molecule has 0 saturated carbocycles. The first kappa shape index (κ1) is 12.7. The van der Waals surface area contributed by atoms with Crippen LogP contribution in [-0.2, 0) is 12.6 Å². The van der Waals surface area contributed by atoms with Gasteiger partial charge in [0.1, 0.15) is 5.69 Å². The number of aryl methyl sites for hydroxylation is 1. The van der Waals surface area contributed by atoms with Gasteiger partial charge in [-0.1, -0.05) is 25.1 Å². The van der Waals surface area contributed by atoms with Crippen molar-refractivity contribution in [3.05, 3.63) is 35.0 Å². The van der Waals surface area contributed by atoms with Gasteiger partial charge in [0.2, 0.25) is 0 Å². The highest BCUT2D eigenvalue weighted by molar-refractivity contribution is 6.09. The van der Waals surface area contributed by atoms with E-state index in [-0.39, 0.29) is 5.56 Å². The van der Waals surface area contributed by atoms with Gasteiger partial charge in [-0.2, -0.15) is 13.2 Å². The van der Waals surface area contributed by atoms with Crippen molar-refractivity contribution in [3.63, 3.8) is 0 Å². The molecule has 0 atom stereocenters. The average Bonchev–Trinajstić information content (AvgIpc) is 2.67. The molecular weight excluding hydrogens is 243 g/mol. The summed E-state index contributed by atoms with van der Waals surface area (Å²) < 4.78 is 38.7. The minimum absolute atomic E-state index is 0.271. The number of nitrogens with one attached hydrogen (secondary N) is 1. The third-order valence-electron chi connectivity index (χ3n) is 2.94. The number of ketones is 1. The summed E-state index contributed by atoms with van der Waals surface area (Å²) in [7, 11) is 0. The maximum absolute atomic E-state index is 12.9. The molecule has 1 aromatic carbocycles.